The van der Waals surface area contributed by atoms with Crippen LogP contribution < -0.4 is 0 Å². The number of carbonyl (C=O) groups is 2. The molecule has 62 heavy (non-hydrogen) atoms. The molecular formula is C49H88O12S. The van der Waals surface area contributed by atoms with Crippen molar-refractivity contribution in [3.8, 4) is 0 Å². The fourth-order valence-corrected chi connectivity index (χ4v) is 8.05. The molecule has 1 heterocycles. The van der Waals surface area contributed by atoms with E-state index in [4.69, 9.17) is 18.9 Å². The smallest absolute Gasteiger partial charge is 0.306 e. The summed E-state index contributed by atoms with van der Waals surface area (Å²) >= 11 is 0. The molecule has 0 spiro atoms. The number of aliphatic hydroxyl groups excluding tert-OH is 3. The fourth-order valence-electron chi connectivity index (χ4n) is 7.36. The summed E-state index contributed by atoms with van der Waals surface area (Å²) in [5, 5.41) is 30.9. The first-order valence-corrected chi connectivity index (χ1v) is 26.2. The molecule has 12 nitrogen and oxygen atoms in total. The molecule has 0 radical (unpaired) electrons. The van der Waals surface area contributed by atoms with Gasteiger partial charge in [-0.2, -0.15) is 8.42 Å². The van der Waals surface area contributed by atoms with Gasteiger partial charge in [-0.15, -0.1) is 0 Å². The number of aliphatic hydroxyl groups is 3. The zero-order chi connectivity index (χ0) is 45.5. The second kappa shape index (κ2) is 39.3. The van der Waals surface area contributed by atoms with Crippen molar-refractivity contribution in [2.75, 3.05) is 19.0 Å². The average molecular weight is 901 g/mol. The summed E-state index contributed by atoms with van der Waals surface area (Å²) in [5.74, 6) is -2.04. The SMILES string of the molecule is CCCCCCCC/C=C/CCCCCCCCCC(=O)OC[C@H](CO[C@H]1O[C@H](CS(=O)(=O)O)[C@@H](O)C(O)C1O)OC(=O)CCC/C=C/C/C=C/CCCCCCCCCCC. The Kier molecular flexibility index (Phi) is 36.6. The molecule has 0 amide bonds. The largest absolute Gasteiger partial charge is 0.462 e. The fraction of sp³-hybridized carbons (Fsp3) is 0.837. The Hall–Kier alpha value is -2.13. The van der Waals surface area contributed by atoms with Crippen molar-refractivity contribution in [2.24, 2.45) is 0 Å². The van der Waals surface area contributed by atoms with E-state index in [0.717, 1.165) is 38.5 Å². The zero-order valence-corrected chi connectivity index (χ0v) is 39.5. The van der Waals surface area contributed by atoms with E-state index >= 15 is 0 Å². The van der Waals surface area contributed by atoms with Crippen LogP contribution in [0, 0.1) is 0 Å². The minimum absolute atomic E-state index is 0.100. The Balaban J connectivity index is 2.44. The van der Waals surface area contributed by atoms with Crippen LogP contribution in [-0.2, 0) is 38.7 Å². The Labute approximate surface area is 376 Å². The van der Waals surface area contributed by atoms with Crippen LogP contribution in [-0.4, -0.2) is 96.0 Å². The molecule has 0 bridgehead atoms. The Morgan fingerprint density at radius 1 is 0.548 bits per heavy atom. The lowest BCUT2D eigenvalue weighted by atomic mass is 10.00. The van der Waals surface area contributed by atoms with E-state index in [-0.39, 0.29) is 19.4 Å². The maximum atomic E-state index is 12.8. The van der Waals surface area contributed by atoms with E-state index < -0.39 is 71.2 Å². The summed E-state index contributed by atoms with van der Waals surface area (Å²) in [6.07, 6.45) is 36.2. The lowest BCUT2D eigenvalue weighted by Gasteiger charge is -2.40. The highest BCUT2D eigenvalue weighted by Crippen LogP contribution is 2.24. The average Bonchev–Trinajstić information content (AvgIpc) is 3.24. The number of hydrogen-bond acceptors (Lipinski definition) is 11. The highest BCUT2D eigenvalue weighted by atomic mass is 32.2. The first-order chi connectivity index (χ1) is 30.0. The summed E-state index contributed by atoms with van der Waals surface area (Å²) < 4.78 is 54.1. The first kappa shape index (κ1) is 57.9. The summed E-state index contributed by atoms with van der Waals surface area (Å²) in [4.78, 5) is 25.4. The molecule has 2 unspecified atom stereocenters. The van der Waals surface area contributed by atoms with Crippen LogP contribution in [0.2, 0.25) is 0 Å². The van der Waals surface area contributed by atoms with E-state index in [1.54, 1.807) is 0 Å². The van der Waals surface area contributed by atoms with Crippen LogP contribution in [0.4, 0.5) is 0 Å². The predicted molar refractivity (Wildman–Crippen MR) is 247 cm³/mol. The standard InChI is InChI=1S/C49H88O12S/c1-3-5-7-9-11-13-15-17-19-21-23-25-27-29-31-33-35-37-44(50)58-39-42(40-59-49-48(54)47(53)46(52)43(61-49)41-62(55,56)57)60-45(51)38-36-34-32-30-28-26-24-22-20-18-16-14-12-10-8-6-4-2/h17,19,24,26,30,32,42-43,46-49,52-54H,3-16,18,20-23,25,27-29,31,33-41H2,1-2H3,(H,55,56,57)/b19-17+,26-24+,32-30+/t42-,43-,46-,47?,48?,49+/m1/s1. The third kappa shape index (κ3) is 33.4. The summed E-state index contributed by atoms with van der Waals surface area (Å²) in [6.45, 7) is 3.73. The predicted octanol–water partition coefficient (Wildman–Crippen LogP) is 10.6. The van der Waals surface area contributed by atoms with Crippen LogP contribution in [0.1, 0.15) is 206 Å². The molecule has 0 aromatic rings. The summed E-state index contributed by atoms with van der Waals surface area (Å²) in [7, 11) is -4.61. The molecule has 13 heteroatoms. The van der Waals surface area contributed by atoms with Gasteiger partial charge >= 0.3 is 11.9 Å². The van der Waals surface area contributed by atoms with Gasteiger partial charge in [0.2, 0.25) is 0 Å². The highest BCUT2D eigenvalue weighted by molar-refractivity contribution is 7.85. The molecular weight excluding hydrogens is 813 g/mol. The molecule has 1 aliphatic rings. The van der Waals surface area contributed by atoms with E-state index in [1.807, 2.05) is 6.08 Å². The topological polar surface area (TPSA) is 186 Å². The lowest BCUT2D eigenvalue weighted by molar-refractivity contribution is -0.297. The van der Waals surface area contributed by atoms with Crippen LogP contribution >= 0.6 is 0 Å². The number of carbonyl (C=O) groups excluding carboxylic acids is 2. The van der Waals surface area contributed by atoms with Gasteiger partial charge in [0.05, 0.1) is 6.61 Å². The number of ether oxygens (including phenoxy) is 4. The minimum Gasteiger partial charge on any atom is -0.462 e. The minimum atomic E-state index is -4.61. The van der Waals surface area contributed by atoms with Gasteiger partial charge in [-0.05, 0) is 64.2 Å². The number of rotatable bonds is 41. The van der Waals surface area contributed by atoms with Crippen LogP contribution in [0.5, 0.6) is 0 Å². The second-order valence-corrected chi connectivity index (χ2v) is 18.6. The van der Waals surface area contributed by atoms with Crippen molar-refractivity contribution in [1.82, 2.24) is 0 Å². The van der Waals surface area contributed by atoms with Crippen LogP contribution in [0.15, 0.2) is 36.5 Å². The molecule has 0 aromatic heterocycles. The van der Waals surface area contributed by atoms with Gasteiger partial charge in [-0.25, -0.2) is 0 Å². The molecule has 1 aliphatic heterocycles. The molecule has 1 fully saturated rings. The molecule has 0 aromatic carbocycles. The maximum absolute atomic E-state index is 12.8. The molecule has 6 atom stereocenters. The molecule has 362 valence electrons. The number of allylic oxidation sites excluding steroid dienone is 6. The molecule has 0 saturated carbocycles. The zero-order valence-electron chi connectivity index (χ0n) is 38.7. The number of hydrogen-bond donors (Lipinski definition) is 4. The van der Waals surface area contributed by atoms with Gasteiger partial charge < -0.3 is 34.3 Å². The van der Waals surface area contributed by atoms with E-state index in [0.29, 0.717) is 19.3 Å². The Bertz CT molecular complexity index is 1290. The maximum Gasteiger partial charge on any atom is 0.306 e. The van der Waals surface area contributed by atoms with Crippen molar-refractivity contribution in [1.29, 1.82) is 0 Å². The summed E-state index contributed by atoms with van der Waals surface area (Å²) in [6, 6.07) is 0. The third-order valence-corrected chi connectivity index (χ3v) is 11.9. The monoisotopic (exact) mass is 901 g/mol. The summed E-state index contributed by atoms with van der Waals surface area (Å²) in [5.41, 5.74) is 0. The Morgan fingerprint density at radius 2 is 0.984 bits per heavy atom. The van der Waals surface area contributed by atoms with Crippen LogP contribution in [0.25, 0.3) is 0 Å². The van der Waals surface area contributed by atoms with Crippen LogP contribution in [0.3, 0.4) is 0 Å². The van der Waals surface area contributed by atoms with Gasteiger partial charge in [-0.1, -0.05) is 166 Å². The van der Waals surface area contributed by atoms with Gasteiger partial charge in [0.25, 0.3) is 10.1 Å². The number of esters is 2. The third-order valence-electron chi connectivity index (χ3n) is 11.2. The quantitative estimate of drug-likeness (QED) is 0.0197. The number of unbranched alkanes of at least 4 members (excludes halogenated alkanes) is 23. The van der Waals surface area contributed by atoms with Gasteiger partial charge in [0, 0.05) is 12.8 Å². The molecule has 0 aliphatic carbocycles. The Morgan fingerprint density at radius 3 is 1.48 bits per heavy atom. The first-order valence-electron chi connectivity index (χ1n) is 24.5. The lowest BCUT2D eigenvalue weighted by Crippen LogP contribution is -2.60. The normalized spacial score (nSPS) is 20.1. The van der Waals surface area contributed by atoms with E-state index in [1.165, 1.54) is 122 Å². The van der Waals surface area contributed by atoms with Gasteiger partial charge in [0.15, 0.2) is 12.4 Å². The van der Waals surface area contributed by atoms with E-state index in [9.17, 15) is 37.9 Å². The molecule has 4 N–H and O–H groups in total. The van der Waals surface area contributed by atoms with Crippen molar-refractivity contribution in [3.05, 3.63) is 36.5 Å². The molecule has 1 saturated heterocycles. The van der Waals surface area contributed by atoms with Gasteiger partial charge in [0.1, 0.15) is 36.8 Å². The second-order valence-electron chi connectivity index (χ2n) is 17.1. The van der Waals surface area contributed by atoms with E-state index in [2.05, 4.69) is 44.2 Å². The van der Waals surface area contributed by atoms with Gasteiger partial charge in [-0.3, -0.25) is 14.1 Å². The highest BCUT2D eigenvalue weighted by Gasteiger charge is 2.46. The van der Waals surface area contributed by atoms with Crippen molar-refractivity contribution < 1.29 is 56.8 Å². The van der Waals surface area contributed by atoms with Crippen molar-refractivity contribution in [3.63, 3.8) is 0 Å². The molecule has 1 rings (SSSR count). The van der Waals surface area contributed by atoms with Crippen molar-refractivity contribution in [2.45, 2.75) is 243 Å². The van der Waals surface area contributed by atoms with Crippen molar-refractivity contribution >= 4 is 22.1 Å².